The summed E-state index contributed by atoms with van der Waals surface area (Å²) in [5.41, 5.74) is 2.03. The summed E-state index contributed by atoms with van der Waals surface area (Å²) >= 11 is 0. The van der Waals surface area contributed by atoms with Gasteiger partial charge in [0.05, 0.1) is 31.4 Å². The van der Waals surface area contributed by atoms with Crippen LogP contribution in [0.4, 0.5) is 0 Å². The van der Waals surface area contributed by atoms with Gasteiger partial charge in [-0.3, -0.25) is 9.59 Å². The Hall–Kier alpha value is -3.32. The number of carbonyl (C=O) groups is 2. The Morgan fingerprint density at radius 2 is 1.88 bits per heavy atom. The lowest BCUT2D eigenvalue weighted by Crippen LogP contribution is -2.36. The highest BCUT2D eigenvalue weighted by Crippen LogP contribution is 2.41. The normalized spacial score (nSPS) is 22.1. The van der Waals surface area contributed by atoms with Crippen molar-refractivity contribution in [3.8, 4) is 11.5 Å². The zero-order valence-corrected chi connectivity index (χ0v) is 19.2. The molecule has 174 valence electrons. The third kappa shape index (κ3) is 4.46. The molecule has 2 heterocycles. The number of aliphatic hydroxyl groups is 1. The van der Waals surface area contributed by atoms with Crippen molar-refractivity contribution in [1.29, 1.82) is 0 Å². The zero-order chi connectivity index (χ0) is 23.5. The third-order valence-corrected chi connectivity index (χ3v) is 6.16. The van der Waals surface area contributed by atoms with E-state index in [0.29, 0.717) is 36.8 Å². The van der Waals surface area contributed by atoms with Gasteiger partial charge in [-0.05, 0) is 68.1 Å². The van der Waals surface area contributed by atoms with E-state index in [2.05, 4.69) is 0 Å². The number of ketones is 1. The molecular formula is C26H29NO6. The maximum Gasteiger partial charge on any atom is 0.295 e. The van der Waals surface area contributed by atoms with Crippen LogP contribution in [0.1, 0.15) is 42.5 Å². The number of carbonyl (C=O) groups excluding carboxylic acids is 2. The van der Waals surface area contributed by atoms with Crippen molar-refractivity contribution < 1.29 is 28.9 Å². The number of amides is 1. The predicted molar refractivity (Wildman–Crippen MR) is 123 cm³/mol. The molecule has 2 fully saturated rings. The number of rotatable bonds is 7. The van der Waals surface area contributed by atoms with Crippen molar-refractivity contribution in [1.82, 2.24) is 4.90 Å². The van der Waals surface area contributed by atoms with Crippen LogP contribution in [-0.2, 0) is 14.3 Å². The van der Waals surface area contributed by atoms with Crippen molar-refractivity contribution in [3.05, 3.63) is 64.7 Å². The van der Waals surface area contributed by atoms with Crippen LogP contribution in [0.25, 0.3) is 5.76 Å². The quantitative estimate of drug-likeness (QED) is 0.389. The van der Waals surface area contributed by atoms with E-state index in [4.69, 9.17) is 14.2 Å². The van der Waals surface area contributed by atoms with E-state index in [-0.39, 0.29) is 17.4 Å². The van der Waals surface area contributed by atoms with E-state index >= 15 is 0 Å². The lowest BCUT2D eigenvalue weighted by molar-refractivity contribution is -0.140. The molecule has 7 nitrogen and oxygen atoms in total. The van der Waals surface area contributed by atoms with E-state index in [1.807, 2.05) is 38.1 Å². The summed E-state index contributed by atoms with van der Waals surface area (Å²) < 4.78 is 16.5. The summed E-state index contributed by atoms with van der Waals surface area (Å²) in [6.07, 6.45) is 1.63. The highest BCUT2D eigenvalue weighted by Gasteiger charge is 2.47. The summed E-state index contributed by atoms with van der Waals surface area (Å²) in [5, 5.41) is 11.3. The van der Waals surface area contributed by atoms with Crippen molar-refractivity contribution in [2.24, 2.45) is 0 Å². The molecule has 1 amide bonds. The van der Waals surface area contributed by atoms with Gasteiger partial charge in [0.2, 0.25) is 0 Å². The first-order valence-electron chi connectivity index (χ1n) is 11.2. The molecule has 0 bridgehead atoms. The van der Waals surface area contributed by atoms with Crippen LogP contribution < -0.4 is 9.47 Å². The topological polar surface area (TPSA) is 85.3 Å². The molecule has 0 spiro atoms. The van der Waals surface area contributed by atoms with E-state index in [1.165, 1.54) is 4.90 Å². The molecule has 1 N–H and O–H groups in total. The second-order valence-electron chi connectivity index (χ2n) is 8.27. The van der Waals surface area contributed by atoms with Gasteiger partial charge in [-0.1, -0.05) is 12.1 Å². The molecule has 0 radical (unpaired) electrons. The van der Waals surface area contributed by atoms with Crippen LogP contribution in [0, 0.1) is 6.92 Å². The highest BCUT2D eigenvalue weighted by atomic mass is 16.5. The zero-order valence-electron chi connectivity index (χ0n) is 19.2. The molecule has 0 saturated carbocycles. The van der Waals surface area contributed by atoms with Gasteiger partial charge in [0.1, 0.15) is 17.3 Å². The molecule has 2 atom stereocenters. The Kier molecular flexibility index (Phi) is 6.70. The monoisotopic (exact) mass is 451 g/mol. The molecule has 2 saturated heterocycles. The van der Waals surface area contributed by atoms with Crippen LogP contribution in [0.5, 0.6) is 11.5 Å². The van der Waals surface area contributed by atoms with Crippen molar-refractivity contribution in [2.45, 2.75) is 38.8 Å². The van der Waals surface area contributed by atoms with E-state index in [1.54, 1.807) is 25.3 Å². The first kappa shape index (κ1) is 22.9. The average Bonchev–Trinajstić information content (AvgIpc) is 3.42. The minimum atomic E-state index is -0.716. The molecule has 2 aromatic rings. The molecule has 2 aliphatic heterocycles. The summed E-state index contributed by atoms with van der Waals surface area (Å²) in [6.45, 7) is 5.20. The van der Waals surface area contributed by atoms with Crippen LogP contribution in [0.2, 0.25) is 0 Å². The Balaban J connectivity index is 1.81. The Labute approximate surface area is 193 Å². The molecule has 2 unspecified atom stereocenters. The smallest absolute Gasteiger partial charge is 0.295 e. The van der Waals surface area contributed by atoms with E-state index in [0.717, 1.165) is 24.0 Å². The second kappa shape index (κ2) is 9.67. The molecule has 7 heteroatoms. The number of ether oxygens (including phenoxy) is 3. The summed E-state index contributed by atoms with van der Waals surface area (Å²) in [6, 6.07) is 11.8. The van der Waals surface area contributed by atoms with Crippen LogP contribution in [0.15, 0.2) is 48.0 Å². The van der Waals surface area contributed by atoms with Gasteiger partial charge in [-0.2, -0.15) is 0 Å². The number of nitrogens with zero attached hydrogens (tertiary/aromatic N) is 1. The maximum atomic E-state index is 13.2. The van der Waals surface area contributed by atoms with Gasteiger partial charge in [0.25, 0.3) is 11.7 Å². The lowest BCUT2D eigenvalue weighted by Gasteiger charge is -2.27. The van der Waals surface area contributed by atoms with E-state index < -0.39 is 17.7 Å². The second-order valence-corrected chi connectivity index (χ2v) is 8.27. The molecule has 33 heavy (non-hydrogen) atoms. The first-order chi connectivity index (χ1) is 15.9. The number of methoxy groups -OCH3 is 1. The van der Waals surface area contributed by atoms with Gasteiger partial charge in [0, 0.05) is 18.7 Å². The summed E-state index contributed by atoms with van der Waals surface area (Å²) in [5.74, 6) is -0.173. The fourth-order valence-electron chi connectivity index (χ4n) is 4.51. The SMILES string of the molecule is CCOc1ccc(C2/C(=C(/O)c3ccc(OC)cc3C)C(=O)C(=O)N2CC2CCCO2)cc1. The van der Waals surface area contributed by atoms with Gasteiger partial charge in [0.15, 0.2) is 0 Å². The van der Waals surface area contributed by atoms with Crippen LogP contribution >= 0.6 is 0 Å². The van der Waals surface area contributed by atoms with Crippen molar-refractivity contribution in [3.63, 3.8) is 0 Å². The summed E-state index contributed by atoms with van der Waals surface area (Å²) in [4.78, 5) is 27.8. The number of Topliss-reactive ketones (excluding diaryl/α,β-unsaturated/α-hetero) is 1. The third-order valence-electron chi connectivity index (χ3n) is 6.16. The van der Waals surface area contributed by atoms with E-state index in [9.17, 15) is 14.7 Å². The Bertz CT molecular complexity index is 1070. The van der Waals surface area contributed by atoms with Crippen molar-refractivity contribution >= 4 is 17.4 Å². The Morgan fingerprint density at radius 3 is 2.48 bits per heavy atom. The number of hydrogen-bond donors (Lipinski definition) is 1. The molecule has 0 aliphatic carbocycles. The lowest BCUT2D eigenvalue weighted by atomic mass is 9.93. The highest BCUT2D eigenvalue weighted by molar-refractivity contribution is 6.46. The van der Waals surface area contributed by atoms with Crippen molar-refractivity contribution in [2.75, 3.05) is 26.9 Å². The molecule has 0 aromatic heterocycles. The fourth-order valence-corrected chi connectivity index (χ4v) is 4.51. The number of benzene rings is 2. The average molecular weight is 452 g/mol. The fraction of sp³-hybridized carbons (Fsp3) is 0.385. The number of likely N-dealkylation sites (tertiary alicyclic amines) is 1. The number of aryl methyl sites for hydroxylation is 1. The van der Waals surface area contributed by atoms with Crippen LogP contribution in [0.3, 0.4) is 0 Å². The van der Waals surface area contributed by atoms with Gasteiger partial charge in [-0.15, -0.1) is 0 Å². The molecule has 2 aliphatic rings. The first-order valence-corrected chi connectivity index (χ1v) is 11.2. The largest absolute Gasteiger partial charge is 0.507 e. The minimum absolute atomic E-state index is 0.0791. The number of hydrogen-bond acceptors (Lipinski definition) is 6. The molecule has 4 rings (SSSR count). The Morgan fingerprint density at radius 1 is 1.15 bits per heavy atom. The molecular weight excluding hydrogens is 422 g/mol. The molecule has 2 aromatic carbocycles. The van der Waals surface area contributed by atoms with Crippen LogP contribution in [-0.4, -0.2) is 54.7 Å². The minimum Gasteiger partial charge on any atom is -0.507 e. The number of aliphatic hydroxyl groups excluding tert-OH is 1. The van der Waals surface area contributed by atoms with Gasteiger partial charge in [-0.25, -0.2) is 0 Å². The maximum absolute atomic E-state index is 13.2. The standard InChI is InChI=1S/C26H29NO6/c1-4-32-18-9-7-17(8-10-18)23-22(24(28)21-12-11-19(31-3)14-16(21)2)25(29)26(30)27(23)15-20-6-5-13-33-20/h7-12,14,20,23,28H,4-6,13,15H2,1-3H3/b24-22-. The predicted octanol–water partition coefficient (Wildman–Crippen LogP) is 4.00. The summed E-state index contributed by atoms with van der Waals surface area (Å²) in [7, 11) is 1.57. The van der Waals surface area contributed by atoms with Gasteiger partial charge < -0.3 is 24.2 Å². The van der Waals surface area contributed by atoms with Gasteiger partial charge >= 0.3 is 0 Å².